The van der Waals surface area contributed by atoms with Crippen molar-refractivity contribution in [2.75, 3.05) is 7.11 Å². The Bertz CT molecular complexity index is 157. The molecule has 0 amide bonds. The molecule has 0 bridgehead atoms. The summed E-state index contributed by atoms with van der Waals surface area (Å²) in [6.07, 6.45) is 1.47. The highest BCUT2D eigenvalue weighted by Gasteiger charge is 2.22. The van der Waals surface area contributed by atoms with Crippen LogP contribution < -0.4 is 0 Å². The first-order chi connectivity index (χ1) is 5.72. The van der Waals surface area contributed by atoms with Gasteiger partial charge in [0.05, 0.1) is 13.2 Å². The van der Waals surface area contributed by atoms with Gasteiger partial charge >= 0.3 is 11.4 Å². The van der Waals surface area contributed by atoms with Crippen LogP contribution in [-0.4, -0.2) is 23.6 Å². The van der Waals surface area contributed by atoms with Gasteiger partial charge in [0.1, 0.15) is 6.17 Å². The van der Waals surface area contributed by atoms with Crippen LogP contribution in [0.25, 0.3) is 0 Å². The van der Waals surface area contributed by atoms with Crippen molar-refractivity contribution in [2.24, 2.45) is 0 Å². The summed E-state index contributed by atoms with van der Waals surface area (Å²) in [5, 5.41) is 0. The molecule has 72 valence electrons. The van der Waals surface area contributed by atoms with Crippen LogP contribution in [0, 0.1) is 0 Å². The molecule has 0 radical (unpaired) electrons. The molecule has 1 rings (SSSR count). The van der Waals surface area contributed by atoms with E-state index in [1.54, 1.807) is 0 Å². The van der Waals surface area contributed by atoms with Gasteiger partial charge in [-0.1, -0.05) is 0 Å². The molecule has 1 saturated carbocycles. The SMILES string of the molecule is COS(=O)OC1CCC(F)CC1. The monoisotopic (exact) mass is 196 g/mol. The van der Waals surface area contributed by atoms with E-state index in [1.807, 2.05) is 0 Å². The number of halogens is 1. The van der Waals surface area contributed by atoms with Gasteiger partial charge in [-0.2, -0.15) is 4.21 Å². The maximum atomic E-state index is 12.6. The molecule has 5 heteroatoms. The lowest BCUT2D eigenvalue weighted by Crippen LogP contribution is -2.23. The van der Waals surface area contributed by atoms with Crippen LogP contribution in [0.15, 0.2) is 0 Å². The van der Waals surface area contributed by atoms with E-state index in [0.717, 1.165) is 0 Å². The van der Waals surface area contributed by atoms with Gasteiger partial charge in [0.15, 0.2) is 0 Å². The van der Waals surface area contributed by atoms with Crippen molar-refractivity contribution in [2.45, 2.75) is 38.0 Å². The van der Waals surface area contributed by atoms with E-state index in [0.29, 0.717) is 25.7 Å². The average Bonchev–Trinajstić information content (AvgIpc) is 2.09. The van der Waals surface area contributed by atoms with E-state index in [-0.39, 0.29) is 6.10 Å². The maximum absolute atomic E-state index is 12.6. The number of alkyl halides is 1. The summed E-state index contributed by atoms with van der Waals surface area (Å²) in [5.74, 6) is 0. The topological polar surface area (TPSA) is 35.5 Å². The highest BCUT2D eigenvalue weighted by atomic mass is 32.2. The molecule has 0 saturated heterocycles. The molecule has 1 atom stereocenters. The van der Waals surface area contributed by atoms with E-state index in [9.17, 15) is 8.60 Å². The molecule has 3 nitrogen and oxygen atoms in total. The van der Waals surface area contributed by atoms with Crippen molar-refractivity contribution in [1.29, 1.82) is 0 Å². The Balaban J connectivity index is 2.21. The van der Waals surface area contributed by atoms with Crippen LogP contribution in [0.2, 0.25) is 0 Å². The Kier molecular flexibility index (Phi) is 4.11. The van der Waals surface area contributed by atoms with E-state index in [1.165, 1.54) is 7.11 Å². The standard InChI is InChI=1S/C7H13FO3S/c1-10-12(9)11-7-4-2-6(8)3-5-7/h6-7H,2-5H2,1H3. The molecule has 0 aliphatic heterocycles. The van der Waals surface area contributed by atoms with Crippen molar-refractivity contribution in [3.8, 4) is 0 Å². The summed E-state index contributed by atoms with van der Waals surface area (Å²) < 4.78 is 32.8. The maximum Gasteiger partial charge on any atom is 0.304 e. The van der Waals surface area contributed by atoms with Crippen molar-refractivity contribution in [3.05, 3.63) is 0 Å². The molecular weight excluding hydrogens is 183 g/mol. The first-order valence-electron chi connectivity index (χ1n) is 4.00. The highest BCUT2D eigenvalue weighted by molar-refractivity contribution is 7.75. The lowest BCUT2D eigenvalue weighted by molar-refractivity contribution is 0.113. The zero-order chi connectivity index (χ0) is 8.97. The molecule has 0 spiro atoms. The highest BCUT2D eigenvalue weighted by Crippen LogP contribution is 2.23. The fourth-order valence-corrected chi connectivity index (χ4v) is 1.76. The minimum atomic E-state index is -1.66. The molecule has 0 heterocycles. The largest absolute Gasteiger partial charge is 0.304 e. The van der Waals surface area contributed by atoms with Crippen LogP contribution in [0.5, 0.6) is 0 Å². The second-order valence-electron chi connectivity index (χ2n) is 2.84. The summed E-state index contributed by atoms with van der Waals surface area (Å²) in [5.41, 5.74) is 0. The second kappa shape index (κ2) is 4.89. The van der Waals surface area contributed by atoms with Gasteiger partial charge in [0.2, 0.25) is 0 Å². The molecular formula is C7H13FO3S. The third-order valence-corrected chi connectivity index (χ3v) is 2.66. The first kappa shape index (κ1) is 10.1. The van der Waals surface area contributed by atoms with Crippen molar-refractivity contribution >= 4 is 11.4 Å². The van der Waals surface area contributed by atoms with Crippen LogP contribution in [0.1, 0.15) is 25.7 Å². The smallest absolute Gasteiger partial charge is 0.272 e. The van der Waals surface area contributed by atoms with Crippen molar-refractivity contribution < 1.29 is 17.0 Å². The molecule has 0 N–H and O–H groups in total. The summed E-state index contributed by atoms with van der Waals surface area (Å²) in [6.45, 7) is 0. The molecule has 12 heavy (non-hydrogen) atoms. The van der Waals surface area contributed by atoms with Crippen molar-refractivity contribution in [3.63, 3.8) is 0 Å². The molecule has 1 fully saturated rings. The van der Waals surface area contributed by atoms with Gasteiger partial charge in [0.25, 0.3) is 0 Å². The normalized spacial score (nSPS) is 33.2. The minimum Gasteiger partial charge on any atom is -0.272 e. The minimum absolute atomic E-state index is 0.0993. The number of hydrogen-bond acceptors (Lipinski definition) is 3. The van der Waals surface area contributed by atoms with Crippen LogP contribution in [-0.2, 0) is 19.7 Å². The quantitative estimate of drug-likeness (QED) is 0.686. The van der Waals surface area contributed by atoms with E-state index < -0.39 is 17.5 Å². The van der Waals surface area contributed by atoms with Gasteiger partial charge < -0.3 is 0 Å². The van der Waals surface area contributed by atoms with Gasteiger partial charge in [-0.25, -0.2) is 4.39 Å². The second-order valence-corrected chi connectivity index (χ2v) is 3.78. The lowest BCUT2D eigenvalue weighted by atomic mass is 9.96. The predicted octanol–water partition coefficient (Wildman–Crippen LogP) is 1.51. The molecule has 1 unspecified atom stereocenters. The Morgan fingerprint density at radius 1 is 1.33 bits per heavy atom. The molecule has 1 aliphatic carbocycles. The Labute approximate surface area is 74.1 Å². The average molecular weight is 196 g/mol. The van der Waals surface area contributed by atoms with Crippen LogP contribution in [0.4, 0.5) is 4.39 Å². The Morgan fingerprint density at radius 3 is 2.42 bits per heavy atom. The summed E-state index contributed by atoms with van der Waals surface area (Å²) in [6, 6.07) is 0. The third-order valence-electron chi connectivity index (χ3n) is 1.95. The van der Waals surface area contributed by atoms with Gasteiger partial charge in [0, 0.05) is 0 Å². The third kappa shape index (κ3) is 3.16. The zero-order valence-corrected chi connectivity index (χ0v) is 7.81. The Hall–Kier alpha value is -0.0000000000000000278. The summed E-state index contributed by atoms with van der Waals surface area (Å²) in [7, 11) is 1.32. The van der Waals surface area contributed by atoms with Crippen LogP contribution >= 0.6 is 0 Å². The first-order valence-corrected chi connectivity index (χ1v) is 5.00. The predicted molar refractivity (Wildman–Crippen MR) is 43.4 cm³/mol. The molecule has 0 aromatic heterocycles. The molecule has 0 aromatic carbocycles. The fraction of sp³-hybridized carbons (Fsp3) is 1.00. The summed E-state index contributed by atoms with van der Waals surface area (Å²) in [4.78, 5) is 0. The zero-order valence-electron chi connectivity index (χ0n) is 6.99. The van der Waals surface area contributed by atoms with E-state index >= 15 is 0 Å². The number of hydrogen-bond donors (Lipinski definition) is 0. The Morgan fingerprint density at radius 2 is 1.92 bits per heavy atom. The van der Waals surface area contributed by atoms with Gasteiger partial charge in [-0.3, -0.25) is 8.37 Å². The number of rotatable bonds is 3. The van der Waals surface area contributed by atoms with Gasteiger partial charge in [-0.15, -0.1) is 0 Å². The van der Waals surface area contributed by atoms with Crippen molar-refractivity contribution in [1.82, 2.24) is 0 Å². The summed E-state index contributed by atoms with van der Waals surface area (Å²) >= 11 is -1.66. The lowest BCUT2D eigenvalue weighted by Gasteiger charge is -2.22. The fourth-order valence-electron chi connectivity index (χ4n) is 1.27. The van der Waals surface area contributed by atoms with Crippen LogP contribution in [0.3, 0.4) is 0 Å². The molecule has 1 aliphatic rings. The van der Waals surface area contributed by atoms with Gasteiger partial charge in [-0.05, 0) is 25.7 Å². The molecule has 0 aromatic rings. The van der Waals surface area contributed by atoms with E-state index in [4.69, 9.17) is 4.18 Å². The van der Waals surface area contributed by atoms with E-state index in [2.05, 4.69) is 4.18 Å².